The van der Waals surface area contributed by atoms with E-state index in [1.54, 1.807) is 6.07 Å². The van der Waals surface area contributed by atoms with E-state index >= 15 is 0 Å². The van der Waals surface area contributed by atoms with Gasteiger partial charge in [0, 0.05) is 24.7 Å². The molecule has 4 heteroatoms. The van der Waals surface area contributed by atoms with Crippen LogP contribution in [0.3, 0.4) is 0 Å². The van der Waals surface area contributed by atoms with Gasteiger partial charge in [0.1, 0.15) is 0 Å². The van der Waals surface area contributed by atoms with Crippen LogP contribution in [0.1, 0.15) is 5.56 Å². The van der Waals surface area contributed by atoms with Crippen LogP contribution in [0.15, 0.2) is 36.7 Å². The lowest BCUT2D eigenvalue weighted by atomic mass is 10.1. The summed E-state index contributed by atoms with van der Waals surface area (Å²) in [6.07, 6.45) is 4.34. The number of hydrogen-bond acceptors (Lipinski definition) is 3. The third kappa shape index (κ3) is 1.87. The Morgan fingerprint density at radius 2 is 1.81 bits per heavy atom. The number of rotatable bonds is 3. The zero-order valence-electron chi connectivity index (χ0n) is 8.93. The van der Waals surface area contributed by atoms with Crippen molar-refractivity contribution in [2.24, 2.45) is 0 Å². The summed E-state index contributed by atoms with van der Waals surface area (Å²) in [4.78, 5) is 0. The molecule has 2 aromatic rings. The SMILES string of the molecule is Nc1cc(CCO)c(N)c(-n2cccc2)c1. The average molecular weight is 217 g/mol. The van der Waals surface area contributed by atoms with E-state index in [-0.39, 0.29) is 6.61 Å². The second-order valence-electron chi connectivity index (χ2n) is 3.68. The molecule has 1 aromatic carbocycles. The molecule has 84 valence electrons. The fourth-order valence-corrected chi connectivity index (χ4v) is 1.76. The maximum absolute atomic E-state index is 8.95. The minimum absolute atomic E-state index is 0.0682. The van der Waals surface area contributed by atoms with Gasteiger partial charge in [0.05, 0.1) is 11.4 Å². The molecule has 4 nitrogen and oxygen atoms in total. The first kappa shape index (κ1) is 10.6. The van der Waals surface area contributed by atoms with Crippen molar-refractivity contribution in [2.75, 3.05) is 18.1 Å². The third-order valence-corrected chi connectivity index (χ3v) is 2.53. The number of aromatic nitrogens is 1. The molecule has 0 radical (unpaired) electrons. The van der Waals surface area contributed by atoms with E-state index in [1.807, 2.05) is 35.2 Å². The summed E-state index contributed by atoms with van der Waals surface area (Å²) >= 11 is 0. The van der Waals surface area contributed by atoms with Crippen molar-refractivity contribution in [2.45, 2.75) is 6.42 Å². The van der Waals surface area contributed by atoms with E-state index in [0.717, 1.165) is 11.3 Å². The Labute approximate surface area is 94.1 Å². The number of aliphatic hydroxyl groups is 1. The molecule has 0 bridgehead atoms. The Bertz CT molecular complexity index is 477. The van der Waals surface area contributed by atoms with Crippen molar-refractivity contribution in [3.05, 3.63) is 42.2 Å². The smallest absolute Gasteiger partial charge is 0.0704 e. The Morgan fingerprint density at radius 1 is 1.12 bits per heavy atom. The largest absolute Gasteiger partial charge is 0.399 e. The molecule has 1 aromatic heterocycles. The fraction of sp³-hybridized carbons (Fsp3) is 0.167. The minimum Gasteiger partial charge on any atom is -0.399 e. The molecule has 16 heavy (non-hydrogen) atoms. The number of nitrogens with two attached hydrogens (primary N) is 2. The number of nitrogen functional groups attached to an aromatic ring is 2. The van der Waals surface area contributed by atoms with Crippen molar-refractivity contribution in [3.63, 3.8) is 0 Å². The molecule has 0 aliphatic rings. The van der Waals surface area contributed by atoms with Crippen LogP contribution in [-0.2, 0) is 6.42 Å². The van der Waals surface area contributed by atoms with Crippen LogP contribution in [0.25, 0.3) is 5.69 Å². The summed E-state index contributed by atoms with van der Waals surface area (Å²) in [6, 6.07) is 7.48. The Kier molecular flexibility index (Phi) is 2.83. The first-order valence-corrected chi connectivity index (χ1v) is 5.14. The highest BCUT2D eigenvalue weighted by Gasteiger charge is 2.07. The second kappa shape index (κ2) is 4.28. The van der Waals surface area contributed by atoms with Gasteiger partial charge >= 0.3 is 0 Å². The molecule has 0 saturated heterocycles. The molecular formula is C12H15N3O. The van der Waals surface area contributed by atoms with E-state index in [0.29, 0.717) is 17.8 Å². The van der Waals surface area contributed by atoms with Crippen LogP contribution in [0.5, 0.6) is 0 Å². The average Bonchev–Trinajstić information content (AvgIpc) is 2.76. The van der Waals surface area contributed by atoms with E-state index in [1.165, 1.54) is 0 Å². The van der Waals surface area contributed by atoms with Crippen LogP contribution in [-0.4, -0.2) is 16.3 Å². The van der Waals surface area contributed by atoms with Gasteiger partial charge in [-0.3, -0.25) is 0 Å². The number of aliphatic hydroxyl groups excluding tert-OH is 1. The van der Waals surface area contributed by atoms with Crippen molar-refractivity contribution in [1.29, 1.82) is 0 Å². The van der Waals surface area contributed by atoms with Gasteiger partial charge in [-0.15, -0.1) is 0 Å². The molecule has 0 atom stereocenters. The van der Waals surface area contributed by atoms with E-state index in [4.69, 9.17) is 16.6 Å². The van der Waals surface area contributed by atoms with Gasteiger partial charge in [0.15, 0.2) is 0 Å². The lowest BCUT2D eigenvalue weighted by Crippen LogP contribution is -2.05. The van der Waals surface area contributed by atoms with Crippen molar-refractivity contribution >= 4 is 11.4 Å². The van der Waals surface area contributed by atoms with E-state index in [2.05, 4.69) is 0 Å². The maximum Gasteiger partial charge on any atom is 0.0704 e. The van der Waals surface area contributed by atoms with Crippen molar-refractivity contribution in [1.82, 2.24) is 4.57 Å². The topological polar surface area (TPSA) is 77.2 Å². The van der Waals surface area contributed by atoms with Crippen LogP contribution in [0, 0.1) is 0 Å². The number of hydrogen-bond donors (Lipinski definition) is 3. The zero-order chi connectivity index (χ0) is 11.5. The van der Waals surface area contributed by atoms with Gasteiger partial charge in [-0.25, -0.2) is 0 Å². The Balaban J connectivity index is 2.53. The summed E-state index contributed by atoms with van der Waals surface area (Å²) in [5.41, 5.74) is 14.9. The highest BCUT2D eigenvalue weighted by Crippen LogP contribution is 2.25. The Hall–Kier alpha value is -1.94. The molecular weight excluding hydrogens is 202 g/mol. The molecule has 2 rings (SSSR count). The summed E-state index contributed by atoms with van der Waals surface area (Å²) in [5, 5.41) is 8.95. The number of anilines is 2. The molecule has 1 heterocycles. The summed E-state index contributed by atoms with van der Waals surface area (Å²) in [7, 11) is 0. The van der Waals surface area contributed by atoms with Crippen LogP contribution < -0.4 is 11.5 Å². The van der Waals surface area contributed by atoms with Crippen molar-refractivity contribution < 1.29 is 5.11 Å². The number of benzene rings is 1. The highest BCUT2D eigenvalue weighted by molar-refractivity contribution is 5.68. The predicted molar refractivity (Wildman–Crippen MR) is 65.4 cm³/mol. The molecule has 0 spiro atoms. The standard InChI is InChI=1S/C12H15N3O/c13-10-7-9(3-6-16)12(14)11(8-10)15-4-1-2-5-15/h1-2,4-5,7-8,16H,3,6,13-14H2. The summed E-state index contributed by atoms with van der Waals surface area (Å²) in [5.74, 6) is 0. The molecule has 0 aliphatic carbocycles. The highest BCUT2D eigenvalue weighted by atomic mass is 16.2. The van der Waals surface area contributed by atoms with Gasteiger partial charge in [-0.2, -0.15) is 0 Å². The predicted octanol–water partition coefficient (Wildman–Crippen LogP) is 1.18. The fourth-order valence-electron chi connectivity index (χ4n) is 1.76. The van der Waals surface area contributed by atoms with Crippen molar-refractivity contribution in [3.8, 4) is 5.69 Å². The number of nitrogens with zero attached hydrogens (tertiary/aromatic N) is 1. The zero-order valence-corrected chi connectivity index (χ0v) is 8.93. The van der Waals surface area contributed by atoms with Gasteiger partial charge in [0.25, 0.3) is 0 Å². The molecule has 0 aliphatic heterocycles. The molecule has 0 saturated carbocycles. The van der Waals surface area contributed by atoms with E-state index in [9.17, 15) is 0 Å². The minimum atomic E-state index is 0.0682. The third-order valence-electron chi connectivity index (χ3n) is 2.53. The lowest BCUT2D eigenvalue weighted by molar-refractivity contribution is 0.300. The molecule has 0 unspecified atom stereocenters. The summed E-state index contributed by atoms with van der Waals surface area (Å²) in [6.45, 7) is 0.0682. The maximum atomic E-state index is 8.95. The van der Waals surface area contributed by atoms with Gasteiger partial charge in [0.2, 0.25) is 0 Å². The molecule has 5 N–H and O–H groups in total. The van der Waals surface area contributed by atoms with E-state index < -0.39 is 0 Å². The van der Waals surface area contributed by atoms with Crippen LogP contribution >= 0.6 is 0 Å². The van der Waals surface area contributed by atoms with Gasteiger partial charge in [-0.05, 0) is 36.2 Å². The summed E-state index contributed by atoms with van der Waals surface area (Å²) < 4.78 is 1.91. The molecule has 0 amide bonds. The van der Waals surface area contributed by atoms with Gasteiger partial charge in [-0.1, -0.05) is 0 Å². The molecule has 0 fully saturated rings. The van der Waals surface area contributed by atoms with Crippen LogP contribution in [0.4, 0.5) is 11.4 Å². The van der Waals surface area contributed by atoms with Crippen LogP contribution in [0.2, 0.25) is 0 Å². The Morgan fingerprint density at radius 3 is 2.44 bits per heavy atom. The first-order valence-electron chi connectivity index (χ1n) is 5.14. The lowest BCUT2D eigenvalue weighted by Gasteiger charge is -2.12. The quantitative estimate of drug-likeness (QED) is 0.675. The van der Waals surface area contributed by atoms with Gasteiger partial charge < -0.3 is 21.1 Å². The second-order valence-corrected chi connectivity index (χ2v) is 3.68. The normalized spacial score (nSPS) is 10.6. The first-order chi connectivity index (χ1) is 7.72. The monoisotopic (exact) mass is 217 g/mol.